The highest BCUT2D eigenvalue weighted by atomic mass is 19.1. The molecule has 2 unspecified atom stereocenters. The number of hydrogen-bond donors (Lipinski definition) is 1. The van der Waals surface area contributed by atoms with Crippen LogP contribution in [-0.4, -0.2) is 46.7 Å². The van der Waals surface area contributed by atoms with Crippen LogP contribution in [0.3, 0.4) is 0 Å². The Morgan fingerprint density at radius 1 is 0.966 bits per heavy atom. The zero-order chi connectivity index (χ0) is 20.4. The summed E-state index contributed by atoms with van der Waals surface area (Å²) in [6.07, 6.45) is 3.37. The molecule has 2 atom stereocenters. The molecule has 2 aliphatic rings. The molecule has 29 heavy (non-hydrogen) atoms. The first-order chi connectivity index (χ1) is 14.0. The molecule has 0 saturated carbocycles. The Bertz CT molecular complexity index is 869. The minimum atomic E-state index is -1.00. The monoisotopic (exact) mass is 399 g/mol. The van der Waals surface area contributed by atoms with E-state index < -0.39 is 5.97 Å². The summed E-state index contributed by atoms with van der Waals surface area (Å²) >= 11 is 0. The van der Waals surface area contributed by atoms with E-state index in [1.54, 1.807) is 24.3 Å². The molecule has 0 spiro atoms. The zero-order valence-electron chi connectivity index (χ0n) is 15.8. The van der Waals surface area contributed by atoms with Gasteiger partial charge in [0.1, 0.15) is 23.4 Å². The topological polar surface area (TPSA) is 76.1 Å². The Labute approximate surface area is 167 Å². The highest BCUT2D eigenvalue weighted by Crippen LogP contribution is 2.37. The van der Waals surface area contributed by atoms with E-state index in [4.69, 9.17) is 14.6 Å². The van der Waals surface area contributed by atoms with Gasteiger partial charge in [-0.2, -0.15) is 0 Å². The molecule has 2 heterocycles. The van der Waals surface area contributed by atoms with Crippen LogP contribution in [-0.2, 0) is 4.79 Å². The molecule has 2 bridgehead atoms. The van der Waals surface area contributed by atoms with Gasteiger partial charge in [-0.15, -0.1) is 0 Å². The Hall–Kier alpha value is -3.09. The van der Waals surface area contributed by atoms with Crippen LogP contribution < -0.4 is 9.47 Å². The predicted octanol–water partition coefficient (Wildman–Crippen LogP) is 3.50. The van der Waals surface area contributed by atoms with E-state index >= 15 is 0 Å². The van der Waals surface area contributed by atoms with Gasteiger partial charge < -0.3 is 19.5 Å². The number of benzene rings is 2. The Kier molecular flexibility index (Phi) is 5.38. The zero-order valence-corrected chi connectivity index (χ0v) is 15.8. The molecule has 0 aliphatic carbocycles. The third-order valence-corrected chi connectivity index (χ3v) is 5.56. The normalized spacial score (nSPS) is 22.9. The number of carbonyl (C=O) groups excluding carboxylic acids is 1. The van der Waals surface area contributed by atoms with Gasteiger partial charge in [-0.3, -0.25) is 4.79 Å². The van der Waals surface area contributed by atoms with Crippen molar-refractivity contribution in [3.63, 3.8) is 0 Å². The summed E-state index contributed by atoms with van der Waals surface area (Å²) in [5.74, 6) is -0.264. The average molecular weight is 399 g/mol. The van der Waals surface area contributed by atoms with Crippen LogP contribution in [0.15, 0.2) is 48.5 Å². The lowest BCUT2D eigenvalue weighted by Gasteiger charge is -2.38. The van der Waals surface area contributed by atoms with Gasteiger partial charge >= 0.3 is 5.97 Å². The van der Waals surface area contributed by atoms with Crippen LogP contribution in [0.25, 0.3) is 0 Å². The van der Waals surface area contributed by atoms with E-state index in [9.17, 15) is 14.0 Å². The maximum Gasteiger partial charge on any atom is 0.335 e. The number of piperidine rings is 1. The van der Waals surface area contributed by atoms with E-state index in [-0.39, 0.29) is 42.1 Å². The first-order valence-electron chi connectivity index (χ1n) is 9.69. The summed E-state index contributed by atoms with van der Waals surface area (Å²) in [5.41, 5.74) is 0.171. The number of carbonyl (C=O) groups is 2. The standard InChI is InChI=1S/C22H22FNO5/c23-15-3-9-19(10-4-15)29-20-11-16-5-6-17(12-20)24(16)21(25)13-28-18-7-1-14(2-8-18)22(26)27/h1-4,7-10,16-17,20H,5-6,11-13H2,(H,26,27). The van der Waals surface area contributed by atoms with Crippen molar-refractivity contribution in [1.82, 2.24) is 4.90 Å². The number of carboxylic acids is 1. The van der Waals surface area contributed by atoms with Crippen LogP contribution in [0.2, 0.25) is 0 Å². The lowest BCUT2D eigenvalue weighted by atomic mass is 9.99. The van der Waals surface area contributed by atoms with Gasteiger partial charge in [0, 0.05) is 24.9 Å². The molecule has 0 radical (unpaired) electrons. The molecule has 0 aromatic heterocycles. The number of halogens is 1. The largest absolute Gasteiger partial charge is 0.490 e. The molecule has 2 aromatic carbocycles. The van der Waals surface area contributed by atoms with Crippen molar-refractivity contribution in [3.05, 3.63) is 59.9 Å². The number of carboxylic acid groups (broad SMARTS) is 1. The van der Waals surface area contributed by atoms with Crippen LogP contribution in [0.1, 0.15) is 36.0 Å². The van der Waals surface area contributed by atoms with E-state index in [1.807, 2.05) is 4.90 Å². The second kappa shape index (κ2) is 8.11. The summed E-state index contributed by atoms with van der Waals surface area (Å²) in [6, 6.07) is 12.2. The number of hydrogen-bond acceptors (Lipinski definition) is 4. The number of fused-ring (bicyclic) bond motifs is 2. The summed E-state index contributed by atoms with van der Waals surface area (Å²) < 4.78 is 24.6. The van der Waals surface area contributed by atoms with Crippen molar-refractivity contribution in [1.29, 1.82) is 0 Å². The summed E-state index contributed by atoms with van der Waals surface area (Å²) in [4.78, 5) is 25.5. The van der Waals surface area contributed by atoms with E-state index in [2.05, 4.69) is 0 Å². The fourth-order valence-electron chi connectivity index (χ4n) is 4.25. The van der Waals surface area contributed by atoms with Crippen molar-refractivity contribution in [3.8, 4) is 11.5 Å². The van der Waals surface area contributed by atoms with Gasteiger partial charge in [0.05, 0.1) is 5.56 Å². The molecule has 7 heteroatoms. The fraction of sp³-hybridized carbons (Fsp3) is 0.364. The highest BCUT2D eigenvalue weighted by molar-refractivity contribution is 5.87. The van der Waals surface area contributed by atoms with Gasteiger partial charge in [-0.05, 0) is 61.4 Å². The molecule has 1 N–H and O–H groups in total. The number of amides is 1. The first kappa shape index (κ1) is 19.2. The van der Waals surface area contributed by atoms with Crippen molar-refractivity contribution in [2.24, 2.45) is 0 Å². The SMILES string of the molecule is O=C(O)c1ccc(OCC(=O)N2C3CCC2CC(Oc2ccc(F)cc2)C3)cc1. The summed E-state index contributed by atoms with van der Waals surface area (Å²) in [7, 11) is 0. The van der Waals surface area contributed by atoms with Crippen molar-refractivity contribution >= 4 is 11.9 Å². The van der Waals surface area contributed by atoms with E-state index in [0.717, 1.165) is 25.7 Å². The molecule has 2 fully saturated rings. The van der Waals surface area contributed by atoms with E-state index in [1.165, 1.54) is 24.3 Å². The molecule has 2 saturated heterocycles. The molecule has 4 rings (SSSR count). The predicted molar refractivity (Wildman–Crippen MR) is 103 cm³/mol. The molecule has 2 aromatic rings. The molecule has 6 nitrogen and oxygen atoms in total. The second-order valence-electron chi connectivity index (χ2n) is 7.47. The van der Waals surface area contributed by atoms with Gasteiger partial charge in [0.2, 0.25) is 0 Å². The number of rotatable bonds is 6. The van der Waals surface area contributed by atoms with Crippen molar-refractivity contribution < 1.29 is 28.6 Å². The lowest BCUT2D eigenvalue weighted by Crippen LogP contribution is -2.50. The number of aromatic carboxylic acids is 1. The van der Waals surface area contributed by atoms with Crippen LogP contribution in [0.5, 0.6) is 11.5 Å². The van der Waals surface area contributed by atoms with Crippen LogP contribution >= 0.6 is 0 Å². The number of ether oxygens (including phenoxy) is 2. The quantitative estimate of drug-likeness (QED) is 0.805. The minimum Gasteiger partial charge on any atom is -0.490 e. The maximum absolute atomic E-state index is 13.1. The van der Waals surface area contributed by atoms with Gasteiger partial charge in [-0.25, -0.2) is 9.18 Å². The van der Waals surface area contributed by atoms with Gasteiger partial charge in [-0.1, -0.05) is 0 Å². The van der Waals surface area contributed by atoms with Crippen molar-refractivity contribution in [2.75, 3.05) is 6.61 Å². The average Bonchev–Trinajstić information content (AvgIpc) is 2.99. The van der Waals surface area contributed by atoms with Gasteiger partial charge in [0.25, 0.3) is 5.91 Å². The lowest BCUT2D eigenvalue weighted by molar-refractivity contribution is -0.139. The molecular formula is C22H22FNO5. The second-order valence-corrected chi connectivity index (χ2v) is 7.47. The first-order valence-corrected chi connectivity index (χ1v) is 9.69. The maximum atomic E-state index is 13.1. The molecule has 1 amide bonds. The molecule has 152 valence electrons. The third kappa shape index (κ3) is 4.34. The smallest absolute Gasteiger partial charge is 0.335 e. The Morgan fingerprint density at radius 2 is 1.55 bits per heavy atom. The highest BCUT2D eigenvalue weighted by Gasteiger charge is 2.44. The van der Waals surface area contributed by atoms with Crippen molar-refractivity contribution in [2.45, 2.75) is 43.9 Å². The molecule has 2 aliphatic heterocycles. The van der Waals surface area contributed by atoms with Crippen LogP contribution in [0, 0.1) is 5.82 Å². The Balaban J connectivity index is 1.32. The minimum absolute atomic E-state index is 0.00601. The molecular weight excluding hydrogens is 377 g/mol. The fourth-order valence-corrected chi connectivity index (χ4v) is 4.25. The summed E-state index contributed by atoms with van der Waals surface area (Å²) in [6.45, 7) is -0.0805. The van der Waals surface area contributed by atoms with Crippen LogP contribution in [0.4, 0.5) is 4.39 Å². The Morgan fingerprint density at radius 3 is 2.14 bits per heavy atom. The van der Waals surface area contributed by atoms with E-state index in [0.29, 0.717) is 11.5 Å². The summed E-state index contributed by atoms with van der Waals surface area (Å²) in [5, 5.41) is 8.93. The van der Waals surface area contributed by atoms with Gasteiger partial charge in [0.15, 0.2) is 6.61 Å². The number of nitrogens with zero attached hydrogens (tertiary/aromatic N) is 1. The third-order valence-electron chi connectivity index (χ3n) is 5.56.